The highest BCUT2D eigenvalue weighted by Crippen LogP contribution is 2.27. The molecule has 1 atom stereocenters. The molecule has 1 aliphatic heterocycles. The molecular formula is C23H24N2O2. The molecule has 27 heavy (non-hydrogen) atoms. The lowest BCUT2D eigenvalue weighted by atomic mass is 9.99. The predicted molar refractivity (Wildman–Crippen MR) is 108 cm³/mol. The Bertz CT molecular complexity index is 991. The molecule has 0 aliphatic carbocycles. The van der Waals surface area contributed by atoms with Crippen molar-refractivity contribution in [3.05, 3.63) is 65.2 Å². The van der Waals surface area contributed by atoms with Gasteiger partial charge in [-0.2, -0.15) is 0 Å². The third-order valence-corrected chi connectivity index (χ3v) is 5.13. The maximum Gasteiger partial charge on any atom is 0.252 e. The molecular weight excluding hydrogens is 336 g/mol. The number of nitrogens with one attached hydrogen (secondary N) is 1. The van der Waals surface area contributed by atoms with Gasteiger partial charge >= 0.3 is 0 Å². The van der Waals surface area contributed by atoms with Crippen LogP contribution in [0.5, 0.6) is 0 Å². The smallest absolute Gasteiger partial charge is 0.252 e. The zero-order valence-corrected chi connectivity index (χ0v) is 15.8. The molecule has 0 bridgehead atoms. The van der Waals surface area contributed by atoms with Crippen LogP contribution < -0.4 is 5.32 Å². The molecule has 3 aromatic rings. The van der Waals surface area contributed by atoms with Gasteiger partial charge in [0.15, 0.2) is 0 Å². The van der Waals surface area contributed by atoms with E-state index < -0.39 is 0 Å². The molecule has 1 saturated heterocycles. The lowest BCUT2D eigenvalue weighted by molar-refractivity contribution is 0.0859. The molecule has 0 saturated carbocycles. The van der Waals surface area contributed by atoms with Crippen molar-refractivity contribution < 1.29 is 9.53 Å². The summed E-state index contributed by atoms with van der Waals surface area (Å²) in [5, 5.41) is 3.91. The van der Waals surface area contributed by atoms with Gasteiger partial charge in [-0.05, 0) is 44.4 Å². The lowest BCUT2D eigenvalue weighted by Crippen LogP contribution is -2.32. The summed E-state index contributed by atoms with van der Waals surface area (Å²) in [6.07, 6.45) is 2.20. The van der Waals surface area contributed by atoms with Crippen LogP contribution in [0.2, 0.25) is 0 Å². The third-order valence-electron chi connectivity index (χ3n) is 5.13. The number of benzene rings is 2. The first kappa shape index (κ1) is 17.7. The van der Waals surface area contributed by atoms with E-state index in [-0.39, 0.29) is 12.0 Å². The number of hydrogen-bond acceptors (Lipinski definition) is 3. The molecule has 0 unspecified atom stereocenters. The topological polar surface area (TPSA) is 51.2 Å². The first-order valence-corrected chi connectivity index (χ1v) is 9.49. The van der Waals surface area contributed by atoms with Crippen molar-refractivity contribution in [3.63, 3.8) is 0 Å². The van der Waals surface area contributed by atoms with Crippen LogP contribution in [0.4, 0.5) is 0 Å². The van der Waals surface area contributed by atoms with Crippen LogP contribution in [0.25, 0.3) is 22.2 Å². The monoisotopic (exact) mass is 360 g/mol. The van der Waals surface area contributed by atoms with E-state index in [1.807, 2.05) is 30.3 Å². The number of rotatable bonds is 4. The Labute approximate surface area is 159 Å². The molecule has 4 rings (SSSR count). The fourth-order valence-corrected chi connectivity index (χ4v) is 3.71. The molecule has 1 aliphatic rings. The predicted octanol–water partition coefficient (Wildman–Crippen LogP) is 4.43. The highest BCUT2D eigenvalue weighted by Gasteiger charge is 2.19. The van der Waals surface area contributed by atoms with Crippen LogP contribution in [0, 0.1) is 13.8 Å². The summed E-state index contributed by atoms with van der Waals surface area (Å²) in [5.41, 5.74) is 5.74. The van der Waals surface area contributed by atoms with E-state index in [9.17, 15) is 4.79 Å². The highest BCUT2D eigenvalue weighted by molar-refractivity contribution is 6.07. The summed E-state index contributed by atoms with van der Waals surface area (Å²) in [6, 6.07) is 16.0. The van der Waals surface area contributed by atoms with Gasteiger partial charge in [0.1, 0.15) is 0 Å². The Morgan fingerprint density at radius 1 is 1.19 bits per heavy atom. The summed E-state index contributed by atoms with van der Waals surface area (Å²) in [5.74, 6) is -0.0740. The van der Waals surface area contributed by atoms with E-state index in [1.165, 1.54) is 5.56 Å². The average Bonchev–Trinajstić information content (AvgIpc) is 3.19. The van der Waals surface area contributed by atoms with E-state index in [2.05, 4.69) is 37.4 Å². The number of carbonyl (C=O) groups excluding carboxylic acids is 1. The lowest BCUT2D eigenvalue weighted by Gasteiger charge is -2.14. The number of hydrogen-bond donors (Lipinski definition) is 1. The van der Waals surface area contributed by atoms with Gasteiger partial charge in [-0.1, -0.05) is 42.0 Å². The van der Waals surface area contributed by atoms with Gasteiger partial charge in [0, 0.05) is 24.1 Å². The molecule has 4 nitrogen and oxygen atoms in total. The van der Waals surface area contributed by atoms with E-state index in [0.29, 0.717) is 12.1 Å². The van der Waals surface area contributed by atoms with Gasteiger partial charge in [-0.15, -0.1) is 0 Å². The van der Waals surface area contributed by atoms with Gasteiger partial charge in [-0.25, -0.2) is 4.98 Å². The van der Waals surface area contributed by atoms with Crippen molar-refractivity contribution in [2.75, 3.05) is 13.2 Å². The van der Waals surface area contributed by atoms with Crippen LogP contribution in [0.1, 0.15) is 34.3 Å². The van der Waals surface area contributed by atoms with Crippen molar-refractivity contribution in [1.82, 2.24) is 10.3 Å². The summed E-state index contributed by atoms with van der Waals surface area (Å²) >= 11 is 0. The number of nitrogens with zero attached hydrogens (tertiary/aromatic N) is 1. The fraction of sp³-hybridized carbons (Fsp3) is 0.304. The number of fused-ring (bicyclic) bond motifs is 1. The van der Waals surface area contributed by atoms with E-state index in [1.54, 1.807) is 0 Å². The van der Waals surface area contributed by atoms with Gasteiger partial charge in [0.05, 0.1) is 22.9 Å². The Hall–Kier alpha value is -2.72. The molecule has 1 aromatic heterocycles. The van der Waals surface area contributed by atoms with Gasteiger partial charge in [0.2, 0.25) is 0 Å². The average molecular weight is 360 g/mol. The van der Waals surface area contributed by atoms with Crippen LogP contribution in [-0.2, 0) is 4.74 Å². The van der Waals surface area contributed by atoms with Crippen molar-refractivity contribution in [2.45, 2.75) is 32.8 Å². The van der Waals surface area contributed by atoms with Gasteiger partial charge in [0.25, 0.3) is 5.91 Å². The standard InChI is InChI=1S/C23H24N2O2/c1-15-9-10-18(16(2)12-15)22-13-20(19-7-3-4-8-21(19)25-22)23(26)24-14-17-6-5-11-27-17/h3-4,7-10,12-13,17H,5-6,11,14H2,1-2H3,(H,24,26)/t17-/m0/s1. The molecule has 4 heteroatoms. The zero-order valence-electron chi connectivity index (χ0n) is 15.8. The maximum atomic E-state index is 12.9. The molecule has 138 valence electrons. The number of ether oxygens (including phenoxy) is 1. The third kappa shape index (κ3) is 3.71. The molecule has 2 aromatic carbocycles. The van der Waals surface area contributed by atoms with E-state index in [0.717, 1.165) is 47.2 Å². The molecule has 0 spiro atoms. The number of pyridine rings is 1. The zero-order chi connectivity index (χ0) is 18.8. The number of para-hydroxylation sites is 1. The molecule has 2 heterocycles. The molecule has 1 N–H and O–H groups in total. The normalized spacial score (nSPS) is 16.6. The molecule has 0 radical (unpaired) electrons. The Morgan fingerprint density at radius 2 is 2.04 bits per heavy atom. The van der Waals surface area contributed by atoms with Crippen LogP contribution in [-0.4, -0.2) is 30.1 Å². The van der Waals surface area contributed by atoms with Gasteiger partial charge in [-0.3, -0.25) is 4.79 Å². The first-order chi connectivity index (χ1) is 13.1. The van der Waals surface area contributed by atoms with Crippen molar-refractivity contribution in [1.29, 1.82) is 0 Å². The number of aromatic nitrogens is 1. The number of amides is 1. The van der Waals surface area contributed by atoms with Crippen LogP contribution in [0.15, 0.2) is 48.5 Å². The first-order valence-electron chi connectivity index (χ1n) is 9.49. The van der Waals surface area contributed by atoms with Gasteiger partial charge < -0.3 is 10.1 Å². The minimum absolute atomic E-state index is 0.0740. The second kappa shape index (κ2) is 7.49. The summed E-state index contributed by atoms with van der Waals surface area (Å²) in [7, 11) is 0. The second-order valence-corrected chi connectivity index (χ2v) is 7.24. The van der Waals surface area contributed by atoms with E-state index in [4.69, 9.17) is 9.72 Å². The Morgan fingerprint density at radius 3 is 2.81 bits per heavy atom. The minimum Gasteiger partial charge on any atom is -0.376 e. The molecule has 1 amide bonds. The van der Waals surface area contributed by atoms with E-state index >= 15 is 0 Å². The fourth-order valence-electron chi connectivity index (χ4n) is 3.71. The van der Waals surface area contributed by atoms with Crippen LogP contribution >= 0.6 is 0 Å². The number of aryl methyl sites for hydroxylation is 2. The summed E-state index contributed by atoms with van der Waals surface area (Å²) in [6.45, 7) is 5.49. The van der Waals surface area contributed by atoms with Crippen molar-refractivity contribution in [2.24, 2.45) is 0 Å². The van der Waals surface area contributed by atoms with Crippen molar-refractivity contribution in [3.8, 4) is 11.3 Å². The highest BCUT2D eigenvalue weighted by atomic mass is 16.5. The minimum atomic E-state index is -0.0740. The molecule has 1 fully saturated rings. The van der Waals surface area contributed by atoms with Crippen molar-refractivity contribution >= 4 is 16.8 Å². The second-order valence-electron chi connectivity index (χ2n) is 7.24. The maximum absolute atomic E-state index is 12.9. The summed E-state index contributed by atoms with van der Waals surface area (Å²) in [4.78, 5) is 17.8. The largest absolute Gasteiger partial charge is 0.376 e. The Balaban J connectivity index is 1.73. The number of carbonyl (C=O) groups is 1. The quantitative estimate of drug-likeness (QED) is 0.749. The Kier molecular flexibility index (Phi) is 4.90. The summed E-state index contributed by atoms with van der Waals surface area (Å²) < 4.78 is 5.62. The van der Waals surface area contributed by atoms with Crippen LogP contribution in [0.3, 0.4) is 0 Å². The SMILES string of the molecule is Cc1ccc(-c2cc(C(=O)NC[C@@H]3CCCO3)c3ccccc3n2)c(C)c1.